The van der Waals surface area contributed by atoms with Crippen LogP contribution >= 0.6 is 27.5 Å². The average molecular weight is 384 g/mol. The fourth-order valence-electron chi connectivity index (χ4n) is 2.22. The molecule has 1 aromatic rings. The van der Waals surface area contributed by atoms with Gasteiger partial charge in [-0.15, -0.1) is 0 Å². The summed E-state index contributed by atoms with van der Waals surface area (Å²) >= 11 is 8.97. The van der Waals surface area contributed by atoms with Gasteiger partial charge in [0.05, 0.1) is 10.2 Å². The molecule has 0 aliphatic carbocycles. The van der Waals surface area contributed by atoms with E-state index < -0.39 is 6.61 Å². The molecule has 2 N–H and O–H groups in total. The van der Waals surface area contributed by atoms with Gasteiger partial charge in [0, 0.05) is 17.5 Å². The number of amides is 1. The molecule has 1 aromatic carbocycles. The summed E-state index contributed by atoms with van der Waals surface area (Å²) in [5.41, 5.74) is 0.123. The highest BCUT2D eigenvalue weighted by Crippen LogP contribution is 2.37. The van der Waals surface area contributed by atoms with Crippen LogP contribution in [0.4, 0.5) is 14.5 Å². The second kappa shape index (κ2) is 7.38. The van der Waals surface area contributed by atoms with Gasteiger partial charge in [0.25, 0.3) is 0 Å². The van der Waals surface area contributed by atoms with Crippen LogP contribution in [0.3, 0.4) is 0 Å². The molecule has 1 atom stereocenters. The van der Waals surface area contributed by atoms with E-state index in [4.69, 9.17) is 11.6 Å². The normalized spacial score (nSPS) is 18.0. The highest BCUT2D eigenvalue weighted by atomic mass is 79.9. The van der Waals surface area contributed by atoms with Crippen LogP contribution in [-0.4, -0.2) is 25.1 Å². The minimum atomic E-state index is -2.99. The molecule has 1 unspecified atom stereocenters. The van der Waals surface area contributed by atoms with Crippen LogP contribution in [0.25, 0.3) is 0 Å². The Morgan fingerprint density at radius 1 is 1.57 bits per heavy atom. The SMILES string of the molecule is O=C(CC1CCCN1)Nc1cc(Cl)cc(Br)c1OC(F)F. The number of nitrogens with one attached hydrogen (secondary N) is 2. The Kier molecular flexibility index (Phi) is 5.78. The van der Waals surface area contributed by atoms with Gasteiger partial charge in [0.1, 0.15) is 0 Å². The first kappa shape index (κ1) is 16.5. The zero-order valence-electron chi connectivity index (χ0n) is 11.0. The summed E-state index contributed by atoms with van der Waals surface area (Å²) in [6, 6.07) is 2.92. The van der Waals surface area contributed by atoms with Gasteiger partial charge in [-0.25, -0.2) is 0 Å². The molecule has 116 valence electrons. The predicted molar refractivity (Wildman–Crippen MR) is 80.1 cm³/mol. The summed E-state index contributed by atoms with van der Waals surface area (Å²) in [5, 5.41) is 6.07. The second-order valence-electron chi connectivity index (χ2n) is 4.69. The van der Waals surface area contributed by atoms with Crippen LogP contribution < -0.4 is 15.4 Å². The van der Waals surface area contributed by atoms with Gasteiger partial charge in [0.2, 0.25) is 5.91 Å². The first-order chi connectivity index (χ1) is 9.95. The van der Waals surface area contributed by atoms with Crippen molar-refractivity contribution in [2.24, 2.45) is 0 Å². The quantitative estimate of drug-likeness (QED) is 0.813. The van der Waals surface area contributed by atoms with Crippen LogP contribution in [0.1, 0.15) is 19.3 Å². The molecule has 21 heavy (non-hydrogen) atoms. The van der Waals surface area contributed by atoms with Crippen molar-refractivity contribution < 1.29 is 18.3 Å². The third kappa shape index (κ3) is 4.79. The van der Waals surface area contributed by atoms with Gasteiger partial charge in [-0.3, -0.25) is 4.79 Å². The zero-order chi connectivity index (χ0) is 15.4. The van der Waals surface area contributed by atoms with Gasteiger partial charge in [-0.2, -0.15) is 8.78 Å². The summed E-state index contributed by atoms with van der Waals surface area (Å²) in [6.45, 7) is -2.10. The summed E-state index contributed by atoms with van der Waals surface area (Å²) in [4.78, 5) is 12.0. The van der Waals surface area contributed by atoms with E-state index in [1.165, 1.54) is 12.1 Å². The molecule has 1 fully saturated rings. The number of benzene rings is 1. The standard InChI is InChI=1S/C13H14BrClF2N2O2/c14-9-4-7(15)5-10(12(9)21-13(16)17)19-11(20)6-8-2-1-3-18-8/h4-5,8,13,18H,1-3,6H2,(H,19,20). The maximum absolute atomic E-state index is 12.4. The molecule has 0 bridgehead atoms. The molecule has 1 amide bonds. The number of alkyl halides is 2. The summed E-state index contributed by atoms with van der Waals surface area (Å²) in [5.74, 6) is -0.412. The van der Waals surface area contributed by atoms with Crippen LogP contribution in [0.15, 0.2) is 16.6 Å². The molecule has 0 radical (unpaired) electrons. The third-order valence-electron chi connectivity index (χ3n) is 3.08. The molecule has 2 rings (SSSR count). The number of ether oxygens (including phenoxy) is 1. The van der Waals surface area contributed by atoms with E-state index in [-0.39, 0.29) is 34.3 Å². The summed E-state index contributed by atoms with van der Waals surface area (Å²) in [7, 11) is 0. The molecule has 1 saturated heterocycles. The van der Waals surface area contributed by atoms with Crippen molar-refractivity contribution in [1.82, 2.24) is 5.32 Å². The zero-order valence-corrected chi connectivity index (χ0v) is 13.3. The van der Waals surface area contributed by atoms with E-state index in [0.29, 0.717) is 5.02 Å². The number of carbonyl (C=O) groups is 1. The fraction of sp³-hybridized carbons (Fsp3) is 0.462. The fourth-order valence-corrected chi connectivity index (χ4v) is 3.12. The molecule has 1 heterocycles. The Bertz CT molecular complexity index is 525. The number of halogens is 4. The van der Waals surface area contributed by atoms with E-state index in [2.05, 4.69) is 31.3 Å². The van der Waals surface area contributed by atoms with Gasteiger partial charge in [-0.05, 0) is 47.4 Å². The van der Waals surface area contributed by atoms with Crippen LogP contribution in [0.2, 0.25) is 5.02 Å². The monoisotopic (exact) mass is 382 g/mol. The smallest absolute Gasteiger partial charge is 0.387 e. The maximum atomic E-state index is 12.4. The Balaban J connectivity index is 2.11. The third-order valence-corrected chi connectivity index (χ3v) is 3.89. The Labute approximate surface area is 134 Å². The van der Waals surface area contributed by atoms with E-state index in [1.54, 1.807) is 0 Å². The Morgan fingerprint density at radius 3 is 2.95 bits per heavy atom. The van der Waals surface area contributed by atoms with Crippen molar-refractivity contribution in [2.45, 2.75) is 31.9 Å². The number of hydrogen-bond acceptors (Lipinski definition) is 3. The van der Waals surface area contributed by atoms with Crippen LogP contribution in [-0.2, 0) is 4.79 Å². The maximum Gasteiger partial charge on any atom is 0.387 e. The van der Waals surface area contributed by atoms with Gasteiger partial charge >= 0.3 is 6.61 Å². The summed E-state index contributed by atoms with van der Waals surface area (Å²) in [6.07, 6.45) is 2.23. The highest BCUT2D eigenvalue weighted by molar-refractivity contribution is 9.10. The highest BCUT2D eigenvalue weighted by Gasteiger charge is 2.20. The number of rotatable bonds is 5. The van der Waals surface area contributed by atoms with E-state index >= 15 is 0 Å². The van der Waals surface area contributed by atoms with Crippen molar-refractivity contribution in [3.8, 4) is 5.75 Å². The molecule has 4 nitrogen and oxygen atoms in total. The molecular weight excluding hydrogens is 370 g/mol. The van der Waals surface area contributed by atoms with Crippen molar-refractivity contribution in [2.75, 3.05) is 11.9 Å². The minimum absolute atomic E-state index is 0.118. The topological polar surface area (TPSA) is 50.4 Å². The first-order valence-electron chi connectivity index (χ1n) is 6.43. The second-order valence-corrected chi connectivity index (χ2v) is 5.98. The van der Waals surface area contributed by atoms with Gasteiger partial charge in [-0.1, -0.05) is 11.6 Å². The molecular formula is C13H14BrClF2N2O2. The van der Waals surface area contributed by atoms with Gasteiger partial charge in [0.15, 0.2) is 5.75 Å². The molecule has 8 heteroatoms. The van der Waals surface area contributed by atoms with Crippen molar-refractivity contribution >= 4 is 39.1 Å². The molecule has 0 spiro atoms. The van der Waals surface area contributed by atoms with Crippen molar-refractivity contribution in [3.63, 3.8) is 0 Å². The van der Waals surface area contributed by atoms with E-state index in [9.17, 15) is 13.6 Å². The number of hydrogen-bond donors (Lipinski definition) is 2. The average Bonchev–Trinajstić information content (AvgIpc) is 2.85. The minimum Gasteiger partial charge on any atom is -0.431 e. The van der Waals surface area contributed by atoms with E-state index in [1.807, 2.05) is 0 Å². The van der Waals surface area contributed by atoms with Crippen molar-refractivity contribution in [1.29, 1.82) is 0 Å². The Hall–Kier alpha value is -0.920. The lowest BCUT2D eigenvalue weighted by molar-refractivity contribution is -0.116. The lowest BCUT2D eigenvalue weighted by atomic mass is 10.1. The Morgan fingerprint density at radius 2 is 2.33 bits per heavy atom. The predicted octanol–water partition coefficient (Wildman–Crippen LogP) is 3.78. The van der Waals surface area contributed by atoms with Crippen LogP contribution in [0.5, 0.6) is 5.75 Å². The van der Waals surface area contributed by atoms with E-state index in [0.717, 1.165) is 19.4 Å². The number of anilines is 1. The summed E-state index contributed by atoms with van der Waals surface area (Å²) < 4.78 is 29.6. The molecule has 0 saturated carbocycles. The van der Waals surface area contributed by atoms with Gasteiger partial charge < -0.3 is 15.4 Å². The lowest BCUT2D eigenvalue weighted by Crippen LogP contribution is -2.27. The molecule has 1 aliphatic heterocycles. The molecule has 1 aliphatic rings. The number of carbonyl (C=O) groups excluding carboxylic acids is 1. The molecule has 0 aromatic heterocycles. The first-order valence-corrected chi connectivity index (χ1v) is 7.60. The lowest BCUT2D eigenvalue weighted by Gasteiger charge is -2.15. The largest absolute Gasteiger partial charge is 0.431 e. The van der Waals surface area contributed by atoms with Crippen LogP contribution in [0, 0.1) is 0 Å². The van der Waals surface area contributed by atoms with Crippen molar-refractivity contribution in [3.05, 3.63) is 21.6 Å².